The number of methoxy groups -OCH3 is 1. The van der Waals surface area contributed by atoms with Gasteiger partial charge in [-0.25, -0.2) is 4.79 Å². The third kappa shape index (κ3) is 4.58. The van der Waals surface area contributed by atoms with Crippen molar-refractivity contribution in [1.29, 1.82) is 0 Å². The molecule has 0 saturated heterocycles. The molecule has 2 N–H and O–H groups in total. The fourth-order valence-electron chi connectivity index (χ4n) is 1.98. The summed E-state index contributed by atoms with van der Waals surface area (Å²) in [6, 6.07) is 12.3. The third-order valence-corrected chi connectivity index (χ3v) is 3.35. The van der Waals surface area contributed by atoms with Gasteiger partial charge < -0.3 is 10.1 Å². The molecule has 9 heteroatoms. The van der Waals surface area contributed by atoms with Crippen LogP contribution in [0.25, 0.3) is 0 Å². The van der Waals surface area contributed by atoms with E-state index in [0.717, 1.165) is 13.2 Å². The molecule has 0 aliphatic heterocycles. The Labute approximate surface area is 147 Å². The number of alkyl carbamates (subject to hydrolysis) is 1. The number of nitro benzene ring substituents is 1. The van der Waals surface area contributed by atoms with Gasteiger partial charge in [-0.1, -0.05) is 30.3 Å². The molecule has 0 heterocycles. The summed E-state index contributed by atoms with van der Waals surface area (Å²) in [5, 5.41) is 15.8. The number of anilines is 1. The van der Waals surface area contributed by atoms with Crippen LogP contribution in [-0.2, 0) is 4.74 Å². The molecule has 128 valence electrons. The van der Waals surface area contributed by atoms with Crippen LogP contribution in [0.5, 0.6) is 0 Å². The number of hydrogen-bond donors (Lipinski definition) is 2. The number of hydrogen-bond acceptors (Lipinski definition) is 6. The van der Waals surface area contributed by atoms with Gasteiger partial charge in [0.15, 0.2) is 10.9 Å². The molecular formula is C16H13N3O5S. The number of carbonyl (C=O) groups is 2. The average molecular weight is 359 g/mol. The van der Waals surface area contributed by atoms with E-state index in [-0.39, 0.29) is 27.8 Å². The van der Waals surface area contributed by atoms with Gasteiger partial charge in [-0.05, 0) is 24.4 Å². The molecule has 0 saturated carbocycles. The second kappa shape index (κ2) is 7.97. The van der Waals surface area contributed by atoms with Crippen LogP contribution in [0.15, 0.2) is 48.5 Å². The number of ether oxygens (including phenoxy) is 1. The molecule has 0 aliphatic rings. The van der Waals surface area contributed by atoms with Gasteiger partial charge in [-0.3, -0.25) is 20.2 Å². The topological polar surface area (TPSA) is 111 Å². The lowest BCUT2D eigenvalue weighted by Gasteiger charge is -2.10. The van der Waals surface area contributed by atoms with Crippen LogP contribution in [0.1, 0.15) is 15.9 Å². The highest BCUT2D eigenvalue weighted by Gasteiger charge is 2.19. The van der Waals surface area contributed by atoms with Gasteiger partial charge in [0, 0.05) is 17.2 Å². The van der Waals surface area contributed by atoms with Crippen LogP contribution in [0.4, 0.5) is 16.2 Å². The molecule has 2 rings (SSSR count). The Kier molecular flexibility index (Phi) is 5.75. The Balaban J connectivity index is 2.29. The summed E-state index contributed by atoms with van der Waals surface area (Å²) in [4.78, 5) is 34.1. The number of carbonyl (C=O) groups excluding carboxylic acids is 2. The van der Waals surface area contributed by atoms with Crippen molar-refractivity contribution in [2.45, 2.75) is 0 Å². The summed E-state index contributed by atoms with van der Waals surface area (Å²) in [5.74, 6) is -0.342. The van der Waals surface area contributed by atoms with Gasteiger partial charge in [-0.15, -0.1) is 0 Å². The molecule has 8 nitrogen and oxygen atoms in total. The van der Waals surface area contributed by atoms with Crippen molar-refractivity contribution in [3.8, 4) is 0 Å². The first-order valence-corrected chi connectivity index (χ1v) is 7.37. The SMILES string of the molecule is COC(=O)NC(=S)Nc1ccc(C(=O)c2ccccc2)cc1[N+](=O)[O-]. The van der Waals surface area contributed by atoms with E-state index in [4.69, 9.17) is 12.2 Å². The second-order valence-corrected chi connectivity index (χ2v) is 5.16. The molecule has 2 aromatic carbocycles. The zero-order chi connectivity index (χ0) is 18.4. The maximum absolute atomic E-state index is 12.4. The standard InChI is InChI=1S/C16H13N3O5S/c1-24-16(21)18-15(25)17-12-8-7-11(9-13(12)19(22)23)14(20)10-5-3-2-4-6-10/h2-9H,1H3,(H2,17,18,21,25). The molecule has 1 amide bonds. The molecule has 0 bridgehead atoms. The Morgan fingerprint density at radius 2 is 1.80 bits per heavy atom. The predicted molar refractivity (Wildman–Crippen MR) is 94.7 cm³/mol. The zero-order valence-corrected chi connectivity index (χ0v) is 13.8. The number of nitro groups is 1. The molecule has 0 atom stereocenters. The van der Waals surface area contributed by atoms with Gasteiger partial charge in [0.05, 0.1) is 12.0 Å². The van der Waals surface area contributed by atoms with Crippen molar-refractivity contribution < 1.29 is 19.2 Å². The van der Waals surface area contributed by atoms with Gasteiger partial charge in [0.2, 0.25) is 0 Å². The van der Waals surface area contributed by atoms with E-state index in [1.807, 2.05) is 0 Å². The summed E-state index contributed by atoms with van der Waals surface area (Å²) in [5.41, 5.74) is 0.266. The van der Waals surface area contributed by atoms with E-state index in [0.29, 0.717) is 5.56 Å². The lowest BCUT2D eigenvalue weighted by molar-refractivity contribution is -0.383. The summed E-state index contributed by atoms with van der Waals surface area (Å²) in [7, 11) is 1.16. The Hall–Kier alpha value is -3.33. The molecule has 25 heavy (non-hydrogen) atoms. The predicted octanol–water partition coefficient (Wildman–Crippen LogP) is 2.88. The van der Waals surface area contributed by atoms with Crippen LogP contribution < -0.4 is 10.6 Å². The minimum Gasteiger partial charge on any atom is -0.453 e. The molecule has 0 radical (unpaired) electrons. The number of amides is 1. The Morgan fingerprint density at radius 1 is 1.12 bits per heavy atom. The van der Waals surface area contributed by atoms with E-state index in [2.05, 4.69) is 15.4 Å². The highest BCUT2D eigenvalue weighted by Crippen LogP contribution is 2.26. The highest BCUT2D eigenvalue weighted by molar-refractivity contribution is 7.80. The van der Waals surface area contributed by atoms with E-state index >= 15 is 0 Å². The van der Waals surface area contributed by atoms with E-state index < -0.39 is 11.0 Å². The third-order valence-electron chi connectivity index (χ3n) is 3.14. The second-order valence-electron chi connectivity index (χ2n) is 4.75. The number of nitrogens with zero attached hydrogens (tertiary/aromatic N) is 1. The maximum Gasteiger partial charge on any atom is 0.413 e. The minimum atomic E-state index is -0.809. The molecule has 2 aromatic rings. The largest absolute Gasteiger partial charge is 0.453 e. The normalized spacial score (nSPS) is 9.80. The van der Waals surface area contributed by atoms with E-state index in [9.17, 15) is 19.7 Å². The molecule has 0 spiro atoms. The summed E-state index contributed by atoms with van der Waals surface area (Å²) < 4.78 is 4.38. The van der Waals surface area contributed by atoms with Gasteiger partial charge in [0.25, 0.3) is 5.69 Å². The number of benzene rings is 2. The number of thiocarbonyl (C=S) groups is 1. The minimum absolute atomic E-state index is 0.0380. The first-order valence-electron chi connectivity index (χ1n) is 6.96. The summed E-state index contributed by atoms with van der Waals surface area (Å²) in [6.07, 6.45) is -0.809. The van der Waals surface area contributed by atoms with Crippen molar-refractivity contribution in [2.24, 2.45) is 0 Å². The van der Waals surface area contributed by atoms with E-state index in [1.165, 1.54) is 12.1 Å². The lowest BCUT2D eigenvalue weighted by Crippen LogP contribution is -2.34. The smallest absolute Gasteiger partial charge is 0.413 e. The van der Waals surface area contributed by atoms with Gasteiger partial charge in [-0.2, -0.15) is 0 Å². The van der Waals surface area contributed by atoms with Crippen LogP contribution in [0.3, 0.4) is 0 Å². The van der Waals surface area contributed by atoms with Crippen LogP contribution >= 0.6 is 12.2 Å². The first-order chi connectivity index (χ1) is 11.9. The number of nitrogens with one attached hydrogen (secondary N) is 2. The lowest BCUT2D eigenvalue weighted by atomic mass is 10.0. The van der Waals surface area contributed by atoms with Crippen molar-refractivity contribution in [3.63, 3.8) is 0 Å². The Bertz CT molecular complexity index is 839. The van der Waals surface area contributed by atoms with Crippen LogP contribution in [-0.4, -0.2) is 29.0 Å². The quantitative estimate of drug-likeness (QED) is 0.374. The van der Waals surface area contributed by atoms with Crippen LogP contribution in [0, 0.1) is 10.1 Å². The first kappa shape index (κ1) is 18.0. The van der Waals surface area contributed by atoms with Gasteiger partial charge >= 0.3 is 6.09 Å². The molecule has 0 unspecified atom stereocenters. The fraction of sp³-hybridized carbons (Fsp3) is 0.0625. The van der Waals surface area contributed by atoms with Crippen molar-refractivity contribution in [3.05, 3.63) is 69.8 Å². The number of ketones is 1. The summed E-state index contributed by atoms with van der Waals surface area (Å²) in [6.45, 7) is 0. The average Bonchev–Trinajstić information content (AvgIpc) is 2.61. The van der Waals surface area contributed by atoms with Crippen molar-refractivity contribution in [1.82, 2.24) is 5.32 Å². The zero-order valence-electron chi connectivity index (χ0n) is 13.0. The molecule has 0 aliphatic carbocycles. The fourth-order valence-corrected chi connectivity index (χ4v) is 2.18. The maximum atomic E-state index is 12.4. The molecular weight excluding hydrogens is 346 g/mol. The summed E-state index contributed by atoms with van der Waals surface area (Å²) >= 11 is 4.87. The van der Waals surface area contributed by atoms with Crippen molar-refractivity contribution in [2.75, 3.05) is 12.4 Å². The molecule has 0 fully saturated rings. The Morgan fingerprint density at radius 3 is 2.40 bits per heavy atom. The molecule has 0 aromatic heterocycles. The van der Waals surface area contributed by atoms with Crippen LogP contribution in [0.2, 0.25) is 0 Å². The highest BCUT2D eigenvalue weighted by atomic mass is 32.1. The van der Waals surface area contributed by atoms with E-state index in [1.54, 1.807) is 30.3 Å². The number of rotatable bonds is 4. The van der Waals surface area contributed by atoms with Gasteiger partial charge in [0.1, 0.15) is 5.69 Å². The van der Waals surface area contributed by atoms with Crippen molar-refractivity contribution >= 4 is 40.6 Å². The monoisotopic (exact) mass is 359 g/mol.